The van der Waals surface area contributed by atoms with Gasteiger partial charge in [0.25, 0.3) is 0 Å². The van der Waals surface area contributed by atoms with Gasteiger partial charge in [-0.2, -0.15) is 0 Å². The van der Waals surface area contributed by atoms with Gasteiger partial charge in [-0.3, -0.25) is 9.59 Å². The van der Waals surface area contributed by atoms with Crippen LogP contribution in [0.15, 0.2) is 48.5 Å². The van der Waals surface area contributed by atoms with E-state index in [0.717, 1.165) is 54.8 Å². The fourth-order valence-electron chi connectivity index (χ4n) is 4.52. The summed E-state index contributed by atoms with van der Waals surface area (Å²) in [5.41, 5.74) is 4.14. The predicted octanol–water partition coefficient (Wildman–Crippen LogP) is 4.97. The Balaban J connectivity index is 1.53. The van der Waals surface area contributed by atoms with Crippen molar-refractivity contribution in [2.24, 2.45) is 5.92 Å². The number of allylic oxidation sites excluding steroid dienone is 1. The summed E-state index contributed by atoms with van der Waals surface area (Å²) in [6, 6.07) is 13.1. The Labute approximate surface area is 183 Å². The van der Waals surface area contributed by atoms with Crippen LogP contribution >= 0.6 is 0 Å². The molecule has 0 atom stereocenters. The molecule has 1 aliphatic carbocycles. The van der Waals surface area contributed by atoms with Crippen LogP contribution in [-0.4, -0.2) is 24.3 Å². The lowest BCUT2D eigenvalue weighted by atomic mass is 9.85. The first kappa shape index (κ1) is 21.2. The molecule has 2 aliphatic rings. The number of ether oxygens (including phenoxy) is 1. The van der Waals surface area contributed by atoms with Gasteiger partial charge in [0.15, 0.2) is 5.78 Å². The Morgan fingerprint density at radius 1 is 1.10 bits per heavy atom. The molecule has 0 spiro atoms. The molecule has 1 saturated carbocycles. The highest BCUT2D eigenvalue weighted by Crippen LogP contribution is 2.32. The number of anilines is 1. The number of fused-ring (bicyclic) bond motifs is 1. The predicted molar refractivity (Wildman–Crippen MR) is 123 cm³/mol. The normalized spacial score (nSPS) is 18.9. The summed E-state index contributed by atoms with van der Waals surface area (Å²) in [5.74, 6) is 0.880. The van der Waals surface area contributed by atoms with Gasteiger partial charge in [-0.1, -0.05) is 18.9 Å². The molecule has 2 aromatic carbocycles. The summed E-state index contributed by atoms with van der Waals surface area (Å²) < 4.78 is 5.38. The van der Waals surface area contributed by atoms with Crippen molar-refractivity contribution >= 4 is 23.1 Å². The van der Waals surface area contributed by atoms with E-state index in [9.17, 15) is 9.59 Å². The molecule has 4 rings (SSSR count). The third-order valence-electron chi connectivity index (χ3n) is 6.15. The van der Waals surface area contributed by atoms with E-state index < -0.39 is 0 Å². The highest BCUT2D eigenvalue weighted by atomic mass is 16.5. The van der Waals surface area contributed by atoms with Gasteiger partial charge >= 0.3 is 0 Å². The number of carbonyl (C=O) groups excluding carboxylic acids is 2. The maximum atomic E-state index is 13.0. The van der Waals surface area contributed by atoms with E-state index in [-0.39, 0.29) is 23.1 Å². The van der Waals surface area contributed by atoms with Crippen LogP contribution in [0.1, 0.15) is 61.0 Å². The van der Waals surface area contributed by atoms with Crippen molar-refractivity contribution in [3.05, 3.63) is 65.2 Å². The summed E-state index contributed by atoms with van der Waals surface area (Å²) in [7, 11) is 1.64. The molecule has 31 heavy (non-hydrogen) atoms. The second-order valence-corrected chi connectivity index (χ2v) is 9.18. The quantitative estimate of drug-likeness (QED) is 0.531. The molecule has 0 unspecified atom stereocenters. The topological polar surface area (TPSA) is 67.4 Å². The number of amides is 1. The highest BCUT2D eigenvalue weighted by molar-refractivity contribution is 6.09. The van der Waals surface area contributed by atoms with Crippen LogP contribution in [0.3, 0.4) is 0 Å². The maximum absolute atomic E-state index is 13.0. The first-order valence-electron chi connectivity index (χ1n) is 11.0. The molecule has 2 N–H and O–H groups in total. The minimum absolute atomic E-state index is 0.0809. The molecule has 0 saturated heterocycles. The number of rotatable bonds is 5. The minimum atomic E-state index is -0.151. The SMILES string of the molecule is COc1ccc2c(c1)/C(=C/C(=O)c1ccc(NC(=O)C3CCCC3)cc1)NC(C)(C)C2. The van der Waals surface area contributed by atoms with E-state index >= 15 is 0 Å². The third kappa shape index (κ3) is 4.82. The number of ketones is 1. The Hall–Kier alpha value is -3.08. The molecule has 1 aliphatic heterocycles. The van der Waals surface area contributed by atoms with Gasteiger partial charge in [-0.25, -0.2) is 0 Å². The number of carbonyl (C=O) groups is 2. The molecule has 0 aromatic heterocycles. The molecule has 1 amide bonds. The first-order valence-corrected chi connectivity index (χ1v) is 11.0. The third-order valence-corrected chi connectivity index (χ3v) is 6.15. The minimum Gasteiger partial charge on any atom is -0.497 e. The molecular formula is C26H30N2O3. The van der Waals surface area contributed by atoms with E-state index in [1.165, 1.54) is 5.56 Å². The van der Waals surface area contributed by atoms with Crippen LogP contribution in [0, 0.1) is 5.92 Å². The van der Waals surface area contributed by atoms with Crippen molar-refractivity contribution in [2.75, 3.05) is 12.4 Å². The van der Waals surface area contributed by atoms with Crippen molar-refractivity contribution in [2.45, 2.75) is 51.5 Å². The summed E-state index contributed by atoms with van der Waals surface area (Å²) >= 11 is 0. The van der Waals surface area contributed by atoms with E-state index in [1.807, 2.05) is 12.1 Å². The lowest BCUT2D eigenvalue weighted by Gasteiger charge is -2.35. The molecule has 5 heteroatoms. The van der Waals surface area contributed by atoms with Gasteiger partial charge in [0.1, 0.15) is 5.75 Å². The molecule has 0 radical (unpaired) electrons. The van der Waals surface area contributed by atoms with Crippen molar-refractivity contribution in [3.63, 3.8) is 0 Å². The van der Waals surface area contributed by atoms with Crippen molar-refractivity contribution in [1.29, 1.82) is 0 Å². The standard InChI is InChI=1S/C26H30N2O3/c1-26(2)16-19-10-13-21(31-3)14-22(19)23(28-26)15-24(29)17-8-11-20(12-9-17)27-25(30)18-6-4-5-7-18/h8-15,18,28H,4-7,16H2,1-3H3,(H,27,30)/b23-15-. The number of hydrogen-bond donors (Lipinski definition) is 2. The van der Waals surface area contributed by atoms with Gasteiger partial charge in [0, 0.05) is 40.0 Å². The molecule has 2 aromatic rings. The summed E-state index contributed by atoms with van der Waals surface area (Å²) in [6.45, 7) is 4.25. The number of hydrogen-bond acceptors (Lipinski definition) is 4. The Morgan fingerprint density at radius 2 is 1.81 bits per heavy atom. The lowest BCUT2D eigenvalue weighted by molar-refractivity contribution is -0.119. The molecule has 0 bridgehead atoms. The Kier molecular flexibility index (Phi) is 5.86. The van der Waals surface area contributed by atoms with Gasteiger partial charge in [-0.15, -0.1) is 0 Å². The van der Waals surface area contributed by atoms with Crippen LogP contribution in [0.5, 0.6) is 5.75 Å². The van der Waals surface area contributed by atoms with E-state index in [0.29, 0.717) is 5.56 Å². The fourth-order valence-corrected chi connectivity index (χ4v) is 4.52. The van der Waals surface area contributed by atoms with E-state index in [2.05, 4.69) is 30.5 Å². The van der Waals surface area contributed by atoms with Gasteiger partial charge in [0.2, 0.25) is 5.91 Å². The smallest absolute Gasteiger partial charge is 0.227 e. The van der Waals surface area contributed by atoms with Crippen LogP contribution < -0.4 is 15.4 Å². The zero-order chi connectivity index (χ0) is 22.0. The monoisotopic (exact) mass is 418 g/mol. The van der Waals surface area contributed by atoms with Gasteiger partial charge < -0.3 is 15.4 Å². The van der Waals surface area contributed by atoms with Crippen molar-refractivity contribution in [1.82, 2.24) is 5.32 Å². The molecule has 162 valence electrons. The molecule has 1 fully saturated rings. The van der Waals surface area contributed by atoms with Crippen LogP contribution in [0.2, 0.25) is 0 Å². The summed E-state index contributed by atoms with van der Waals surface area (Å²) in [5, 5.41) is 6.47. The zero-order valence-corrected chi connectivity index (χ0v) is 18.5. The van der Waals surface area contributed by atoms with Crippen LogP contribution in [0.4, 0.5) is 5.69 Å². The van der Waals surface area contributed by atoms with Gasteiger partial charge in [-0.05, 0) is 75.1 Å². The van der Waals surface area contributed by atoms with Crippen molar-refractivity contribution < 1.29 is 14.3 Å². The number of methoxy groups -OCH3 is 1. The lowest BCUT2D eigenvalue weighted by Crippen LogP contribution is -2.43. The largest absolute Gasteiger partial charge is 0.497 e. The first-order chi connectivity index (χ1) is 14.8. The second kappa shape index (κ2) is 8.58. The van der Waals surface area contributed by atoms with E-state index in [1.54, 1.807) is 37.5 Å². The van der Waals surface area contributed by atoms with Crippen LogP contribution in [0.25, 0.3) is 5.70 Å². The fraction of sp³-hybridized carbons (Fsp3) is 0.385. The van der Waals surface area contributed by atoms with Crippen molar-refractivity contribution in [3.8, 4) is 5.75 Å². The second-order valence-electron chi connectivity index (χ2n) is 9.18. The van der Waals surface area contributed by atoms with Gasteiger partial charge in [0.05, 0.1) is 7.11 Å². The zero-order valence-electron chi connectivity index (χ0n) is 18.5. The Bertz CT molecular complexity index is 1020. The average molecular weight is 419 g/mol. The molecule has 1 heterocycles. The molecular weight excluding hydrogens is 388 g/mol. The Morgan fingerprint density at radius 3 is 2.48 bits per heavy atom. The average Bonchev–Trinajstić information content (AvgIpc) is 3.28. The highest BCUT2D eigenvalue weighted by Gasteiger charge is 2.28. The summed E-state index contributed by atoms with van der Waals surface area (Å²) in [4.78, 5) is 25.3. The number of benzene rings is 2. The maximum Gasteiger partial charge on any atom is 0.227 e. The summed E-state index contributed by atoms with van der Waals surface area (Å²) in [6.07, 6.45) is 6.70. The van der Waals surface area contributed by atoms with E-state index in [4.69, 9.17) is 4.74 Å². The van der Waals surface area contributed by atoms with Crippen LogP contribution in [-0.2, 0) is 11.2 Å². The number of nitrogens with one attached hydrogen (secondary N) is 2. The molecule has 5 nitrogen and oxygen atoms in total.